The summed E-state index contributed by atoms with van der Waals surface area (Å²) >= 11 is 1.59. The average molecular weight is 289 g/mol. The van der Waals surface area contributed by atoms with E-state index in [1.807, 2.05) is 24.1 Å². The zero-order valence-electron chi connectivity index (χ0n) is 12.1. The van der Waals surface area contributed by atoms with Crippen molar-refractivity contribution in [1.29, 1.82) is 0 Å². The van der Waals surface area contributed by atoms with Crippen LogP contribution in [0.4, 0.5) is 5.82 Å². The van der Waals surface area contributed by atoms with Crippen LogP contribution in [0, 0.1) is 19.8 Å². The van der Waals surface area contributed by atoms with E-state index in [9.17, 15) is 0 Å². The van der Waals surface area contributed by atoms with E-state index in [2.05, 4.69) is 39.2 Å². The molecule has 20 heavy (non-hydrogen) atoms. The Kier molecular flexibility index (Phi) is 3.65. The second-order valence-electron chi connectivity index (χ2n) is 5.36. The number of rotatable bonds is 4. The number of aromatic nitrogens is 4. The lowest BCUT2D eigenvalue weighted by Crippen LogP contribution is -2.49. The number of hydrogen-bond donors (Lipinski definition) is 0. The molecule has 106 valence electrons. The number of nitrogens with zero attached hydrogens (tertiary/aromatic N) is 5. The smallest absolute Gasteiger partial charge is 0.189 e. The summed E-state index contributed by atoms with van der Waals surface area (Å²) in [5.41, 5.74) is 2.25. The van der Waals surface area contributed by atoms with Gasteiger partial charge in [0.1, 0.15) is 5.82 Å². The van der Waals surface area contributed by atoms with Crippen molar-refractivity contribution in [3.63, 3.8) is 0 Å². The van der Waals surface area contributed by atoms with Gasteiger partial charge in [0.2, 0.25) is 0 Å². The number of thioether (sulfide) groups is 1. The zero-order chi connectivity index (χ0) is 14.1. The lowest BCUT2D eigenvalue weighted by atomic mass is 10.0. The van der Waals surface area contributed by atoms with Crippen molar-refractivity contribution in [3.8, 4) is 0 Å². The van der Waals surface area contributed by atoms with Crippen molar-refractivity contribution in [2.45, 2.75) is 25.5 Å². The van der Waals surface area contributed by atoms with Gasteiger partial charge in [-0.1, -0.05) is 11.8 Å². The fourth-order valence-corrected chi connectivity index (χ4v) is 2.90. The highest BCUT2D eigenvalue weighted by Crippen LogP contribution is 2.25. The molecule has 2 aromatic rings. The normalized spacial score (nSPS) is 15.4. The molecule has 0 radical (unpaired) electrons. The van der Waals surface area contributed by atoms with Crippen LogP contribution in [0.15, 0.2) is 23.6 Å². The third kappa shape index (κ3) is 2.80. The quantitative estimate of drug-likeness (QED) is 0.637. The molecule has 0 spiro atoms. The summed E-state index contributed by atoms with van der Waals surface area (Å²) in [4.78, 5) is 11.3. The topological polar surface area (TPSA) is 46.8 Å². The molecule has 0 bridgehead atoms. The van der Waals surface area contributed by atoms with Crippen LogP contribution in [-0.4, -0.2) is 39.1 Å². The van der Waals surface area contributed by atoms with Gasteiger partial charge in [0.15, 0.2) is 5.16 Å². The van der Waals surface area contributed by atoms with Crippen molar-refractivity contribution >= 4 is 17.6 Å². The lowest BCUT2D eigenvalue weighted by Gasteiger charge is -2.40. The van der Waals surface area contributed by atoms with Gasteiger partial charge in [-0.3, -0.25) is 4.68 Å². The standard InChI is InChI=1S/C14H19N5S/c1-10-5-15-19(6-10)9-12-7-18(8-12)13-4-11(2)16-14(17-13)20-3/h4-6,12H,7-9H2,1-3H3. The van der Waals surface area contributed by atoms with E-state index in [4.69, 9.17) is 0 Å². The van der Waals surface area contributed by atoms with Gasteiger partial charge in [-0.15, -0.1) is 0 Å². The van der Waals surface area contributed by atoms with Gasteiger partial charge in [-0.05, 0) is 25.7 Å². The van der Waals surface area contributed by atoms with Gasteiger partial charge < -0.3 is 4.90 Å². The Hall–Kier alpha value is -1.56. The monoisotopic (exact) mass is 289 g/mol. The Labute approximate surface area is 123 Å². The summed E-state index contributed by atoms with van der Waals surface area (Å²) in [6.07, 6.45) is 6.02. The van der Waals surface area contributed by atoms with Gasteiger partial charge in [-0.25, -0.2) is 9.97 Å². The summed E-state index contributed by atoms with van der Waals surface area (Å²) in [6, 6.07) is 2.06. The highest BCUT2D eigenvalue weighted by Gasteiger charge is 2.28. The molecule has 2 aromatic heterocycles. The molecule has 0 aliphatic carbocycles. The Balaban J connectivity index is 1.61. The molecule has 1 aliphatic rings. The molecule has 0 N–H and O–H groups in total. The Morgan fingerprint density at radius 1 is 1.30 bits per heavy atom. The molecular weight excluding hydrogens is 270 g/mol. The fourth-order valence-electron chi connectivity index (χ4n) is 2.48. The van der Waals surface area contributed by atoms with Gasteiger partial charge in [-0.2, -0.15) is 5.10 Å². The summed E-state index contributed by atoms with van der Waals surface area (Å²) in [5.74, 6) is 1.71. The molecule has 6 heteroatoms. The Morgan fingerprint density at radius 2 is 2.10 bits per heavy atom. The van der Waals surface area contributed by atoms with Gasteiger partial charge in [0, 0.05) is 43.5 Å². The molecule has 1 aliphatic heterocycles. The van der Waals surface area contributed by atoms with E-state index in [1.54, 1.807) is 11.8 Å². The first kappa shape index (κ1) is 13.4. The molecule has 5 nitrogen and oxygen atoms in total. The van der Waals surface area contributed by atoms with E-state index in [-0.39, 0.29) is 0 Å². The van der Waals surface area contributed by atoms with Crippen LogP contribution in [0.5, 0.6) is 0 Å². The van der Waals surface area contributed by atoms with Crippen LogP contribution in [0.1, 0.15) is 11.3 Å². The largest absolute Gasteiger partial charge is 0.356 e. The van der Waals surface area contributed by atoms with Gasteiger partial charge >= 0.3 is 0 Å². The van der Waals surface area contributed by atoms with E-state index in [0.29, 0.717) is 5.92 Å². The molecule has 3 rings (SSSR count). The molecule has 0 saturated carbocycles. The maximum Gasteiger partial charge on any atom is 0.189 e. The maximum atomic E-state index is 4.58. The second-order valence-corrected chi connectivity index (χ2v) is 6.14. The maximum absolute atomic E-state index is 4.58. The van der Waals surface area contributed by atoms with Crippen LogP contribution in [-0.2, 0) is 6.54 Å². The Morgan fingerprint density at radius 3 is 2.75 bits per heavy atom. The summed E-state index contributed by atoms with van der Waals surface area (Å²) in [5, 5.41) is 5.20. The highest BCUT2D eigenvalue weighted by atomic mass is 32.2. The molecule has 0 unspecified atom stereocenters. The van der Waals surface area contributed by atoms with Crippen molar-refractivity contribution in [2.75, 3.05) is 24.2 Å². The molecule has 0 aromatic carbocycles. The third-order valence-corrected chi connectivity index (χ3v) is 4.04. The second kappa shape index (κ2) is 5.44. The van der Waals surface area contributed by atoms with Gasteiger partial charge in [0.05, 0.1) is 6.20 Å². The summed E-state index contributed by atoms with van der Waals surface area (Å²) in [7, 11) is 0. The van der Waals surface area contributed by atoms with Crippen molar-refractivity contribution < 1.29 is 0 Å². The third-order valence-electron chi connectivity index (χ3n) is 3.49. The van der Waals surface area contributed by atoms with E-state index < -0.39 is 0 Å². The average Bonchev–Trinajstić information content (AvgIpc) is 2.78. The van der Waals surface area contributed by atoms with Crippen molar-refractivity contribution in [1.82, 2.24) is 19.7 Å². The Bertz CT molecular complexity index is 603. The van der Waals surface area contributed by atoms with Crippen molar-refractivity contribution in [2.24, 2.45) is 5.92 Å². The molecular formula is C14H19N5S. The zero-order valence-corrected chi connectivity index (χ0v) is 12.9. The molecule has 1 saturated heterocycles. The van der Waals surface area contributed by atoms with Crippen LogP contribution >= 0.6 is 11.8 Å². The SMILES string of the molecule is CSc1nc(C)cc(N2CC(Cn3cc(C)cn3)C2)n1. The van der Waals surface area contributed by atoms with Crippen LogP contribution < -0.4 is 4.90 Å². The molecule has 3 heterocycles. The summed E-state index contributed by atoms with van der Waals surface area (Å²) < 4.78 is 2.04. The minimum Gasteiger partial charge on any atom is -0.356 e. The van der Waals surface area contributed by atoms with Gasteiger partial charge in [0.25, 0.3) is 0 Å². The first-order chi connectivity index (χ1) is 9.64. The fraction of sp³-hybridized carbons (Fsp3) is 0.500. The first-order valence-corrected chi connectivity index (χ1v) is 8.00. The van der Waals surface area contributed by atoms with Crippen LogP contribution in [0.25, 0.3) is 0 Å². The predicted molar refractivity (Wildman–Crippen MR) is 81.2 cm³/mol. The number of hydrogen-bond acceptors (Lipinski definition) is 5. The summed E-state index contributed by atoms with van der Waals surface area (Å²) in [6.45, 7) is 7.18. The highest BCUT2D eigenvalue weighted by molar-refractivity contribution is 7.98. The number of anilines is 1. The van der Waals surface area contributed by atoms with E-state index in [0.717, 1.165) is 36.3 Å². The number of aryl methyl sites for hydroxylation is 2. The van der Waals surface area contributed by atoms with Crippen LogP contribution in [0.2, 0.25) is 0 Å². The van der Waals surface area contributed by atoms with E-state index >= 15 is 0 Å². The molecule has 0 amide bonds. The minimum atomic E-state index is 0.655. The van der Waals surface area contributed by atoms with E-state index in [1.165, 1.54) is 5.56 Å². The van der Waals surface area contributed by atoms with Crippen LogP contribution in [0.3, 0.4) is 0 Å². The lowest BCUT2D eigenvalue weighted by molar-refractivity contribution is 0.339. The predicted octanol–water partition coefficient (Wildman–Crippen LogP) is 2.15. The first-order valence-electron chi connectivity index (χ1n) is 6.77. The molecule has 0 atom stereocenters. The molecule has 1 fully saturated rings. The minimum absolute atomic E-state index is 0.655. The van der Waals surface area contributed by atoms with Crippen molar-refractivity contribution in [3.05, 3.63) is 29.7 Å².